The van der Waals surface area contributed by atoms with Crippen molar-refractivity contribution in [2.24, 2.45) is 0 Å². The summed E-state index contributed by atoms with van der Waals surface area (Å²) in [5, 5.41) is 12.8. The summed E-state index contributed by atoms with van der Waals surface area (Å²) in [5.41, 5.74) is -0.122. The highest BCUT2D eigenvalue weighted by Gasteiger charge is 2.33. The van der Waals surface area contributed by atoms with Crippen LogP contribution in [0.15, 0.2) is 35.7 Å². The highest BCUT2D eigenvalue weighted by molar-refractivity contribution is 7.09. The number of halogens is 3. The van der Waals surface area contributed by atoms with Gasteiger partial charge in [0.1, 0.15) is 5.01 Å². The van der Waals surface area contributed by atoms with Crippen molar-refractivity contribution in [3.05, 3.63) is 46.4 Å². The average molecular weight is 340 g/mol. The van der Waals surface area contributed by atoms with Crippen LogP contribution in [0.1, 0.15) is 10.7 Å². The lowest BCUT2D eigenvalue weighted by molar-refractivity contribution is -0.140. The maximum atomic E-state index is 12.6. The smallest absolute Gasteiger partial charge is 0.336 e. The van der Waals surface area contributed by atoms with Gasteiger partial charge in [0.15, 0.2) is 5.69 Å². The third-order valence-electron chi connectivity index (χ3n) is 3.01. The molecule has 2 aromatic heterocycles. The Morgan fingerprint density at radius 2 is 1.96 bits per heavy atom. The van der Waals surface area contributed by atoms with Gasteiger partial charge in [0.05, 0.1) is 12.2 Å². The molecule has 0 bridgehead atoms. The minimum Gasteiger partial charge on any atom is -0.336 e. The summed E-state index contributed by atoms with van der Waals surface area (Å²) in [6, 6.07) is 9.22. The fraction of sp³-hybridized carbons (Fsp3) is 0.231. The van der Waals surface area contributed by atoms with Crippen LogP contribution in [0.3, 0.4) is 0 Å². The van der Waals surface area contributed by atoms with Crippen molar-refractivity contribution in [1.82, 2.24) is 25.2 Å². The van der Waals surface area contributed by atoms with Crippen molar-refractivity contribution in [2.45, 2.75) is 12.7 Å². The molecule has 0 radical (unpaired) electrons. The minimum absolute atomic E-state index is 0.175. The third-order valence-corrected chi connectivity index (χ3v) is 3.84. The van der Waals surface area contributed by atoms with E-state index in [1.807, 2.05) is 30.3 Å². The molecule has 3 rings (SSSR count). The second-order valence-electron chi connectivity index (χ2n) is 4.71. The molecule has 0 unspecified atom stereocenters. The van der Waals surface area contributed by atoms with Crippen LogP contribution in [0.2, 0.25) is 0 Å². The summed E-state index contributed by atoms with van der Waals surface area (Å²) in [6.07, 6.45) is -4.43. The largest absolute Gasteiger partial charge is 0.434 e. The Bertz CT molecular complexity index is 782. The molecule has 0 aliphatic rings. The summed E-state index contributed by atoms with van der Waals surface area (Å²) < 4.78 is 39.3. The topological polar surface area (TPSA) is 59.7 Å². The number of alkyl halides is 3. The van der Waals surface area contributed by atoms with Gasteiger partial charge in [-0.15, -0.1) is 11.3 Å². The number of rotatable bonds is 4. The number of nitrogens with zero attached hydrogens (tertiary/aromatic N) is 6. The van der Waals surface area contributed by atoms with E-state index in [0.29, 0.717) is 11.0 Å². The van der Waals surface area contributed by atoms with Crippen LogP contribution in [-0.2, 0) is 12.7 Å². The van der Waals surface area contributed by atoms with Gasteiger partial charge in [-0.3, -0.25) is 0 Å². The van der Waals surface area contributed by atoms with Gasteiger partial charge in [0.2, 0.25) is 5.95 Å². The number of aromatic nitrogens is 5. The van der Waals surface area contributed by atoms with Crippen molar-refractivity contribution in [1.29, 1.82) is 0 Å². The Labute approximate surface area is 133 Å². The summed E-state index contributed by atoms with van der Waals surface area (Å²) in [6.45, 7) is 0.175. The summed E-state index contributed by atoms with van der Waals surface area (Å²) in [4.78, 5) is 5.25. The Hall–Kier alpha value is -2.49. The van der Waals surface area contributed by atoms with E-state index in [9.17, 15) is 13.2 Å². The maximum Gasteiger partial charge on any atom is 0.434 e. The lowest BCUT2D eigenvalue weighted by Crippen LogP contribution is -2.21. The van der Waals surface area contributed by atoms with E-state index in [1.165, 1.54) is 4.68 Å². The zero-order chi connectivity index (χ0) is 16.4. The third kappa shape index (κ3) is 3.31. The fourth-order valence-electron chi connectivity index (χ4n) is 1.94. The van der Waals surface area contributed by atoms with Crippen LogP contribution in [-0.4, -0.2) is 32.2 Å². The molecule has 10 heteroatoms. The Morgan fingerprint density at radius 3 is 2.61 bits per heavy atom. The molecule has 1 aromatic carbocycles. The molecule has 0 spiro atoms. The lowest BCUT2D eigenvalue weighted by Gasteiger charge is -2.16. The van der Waals surface area contributed by atoms with Crippen LogP contribution in [0, 0.1) is 0 Å². The normalized spacial score (nSPS) is 11.7. The number of thiazole rings is 1. The van der Waals surface area contributed by atoms with Crippen LogP contribution < -0.4 is 4.90 Å². The quantitative estimate of drug-likeness (QED) is 0.731. The second-order valence-corrected chi connectivity index (χ2v) is 5.65. The molecule has 0 amide bonds. The van der Waals surface area contributed by atoms with E-state index in [1.54, 1.807) is 11.9 Å². The first-order chi connectivity index (χ1) is 10.9. The van der Waals surface area contributed by atoms with Crippen molar-refractivity contribution in [3.63, 3.8) is 0 Å². The van der Waals surface area contributed by atoms with Crippen LogP contribution >= 0.6 is 11.3 Å². The zero-order valence-electron chi connectivity index (χ0n) is 11.9. The first kappa shape index (κ1) is 15.4. The molecule has 2 heterocycles. The van der Waals surface area contributed by atoms with Gasteiger partial charge in [0, 0.05) is 12.4 Å². The van der Waals surface area contributed by atoms with E-state index < -0.39 is 11.9 Å². The number of para-hydroxylation sites is 1. The molecule has 0 saturated heterocycles. The van der Waals surface area contributed by atoms with E-state index in [-0.39, 0.29) is 6.54 Å². The van der Waals surface area contributed by atoms with Gasteiger partial charge in [-0.25, -0.2) is 4.98 Å². The average Bonchev–Trinajstić information content (AvgIpc) is 3.16. The molecule has 120 valence electrons. The molecule has 23 heavy (non-hydrogen) atoms. The van der Waals surface area contributed by atoms with E-state index in [4.69, 9.17) is 0 Å². The standard InChI is InChI=1S/C13H11F3N6S/c1-21(7-11-17-10(8-23-11)13(14,15)16)12-18-19-20-22(12)9-5-3-2-4-6-9/h2-6,8H,7H2,1H3. The lowest BCUT2D eigenvalue weighted by atomic mass is 10.3. The van der Waals surface area contributed by atoms with E-state index in [0.717, 1.165) is 22.4 Å². The van der Waals surface area contributed by atoms with Crippen molar-refractivity contribution in [3.8, 4) is 5.69 Å². The number of hydrogen-bond acceptors (Lipinski definition) is 6. The molecule has 6 nitrogen and oxygen atoms in total. The first-order valence-corrected chi connectivity index (χ1v) is 7.39. The molecular formula is C13H11F3N6S. The molecule has 3 aromatic rings. The zero-order valence-corrected chi connectivity index (χ0v) is 12.7. The number of benzene rings is 1. The Kier molecular flexibility index (Phi) is 3.99. The van der Waals surface area contributed by atoms with Crippen LogP contribution in [0.4, 0.5) is 19.1 Å². The van der Waals surface area contributed by atoms with Gasteiger partial charge in [-0.05, 0) is 22.6 Å². The molecular weight excluding hydrogens is 329 g/mol. The van der Waals surface area contributed by atoms with Gasteiger partial charge in [-0.1, -0.05) is 23.3 Å². The van der Waals surface area contributed by atoms with Crippen molar-refractivity contribution < 1.29 is 13.2 Å². The molecule has 0 aliphatic carbocycles. The second kappa shape index (κ2) is 5.95. The molecule has 0 saturated carbocycles. The van der Waals surface area contributed by atoms with Crippen LogP contribution in [0.5, 0.6) is 0 Å². The Morgan fingerprint density at radius 1 is 1.22 bits per heavy atom. The van der Waals surface area contributed by atoms with Crippen molar-refractivity contribution in [2.75, 3.05) is 11.9 Å². The highest BCUT2D eigenvalue weighted by Crippen LogP contribution is 2.30. The predicted octanol–water partition coefficient (Wildman–Crippen LogP) is 2.77. The minimum atomic E-state index is -4.43. The molecule has 0 N–H and O–H groups in total. The number of hydrogen-bond donors (Lipinski definition) is 0. The molecule has 0 aliphatic heterocycles. The van der Waals surface area contributed by atoms with E-state index in [2.05, 4.69) is 20.5 Å². The molecule has 0 fully saturated rings. The fourth-order valence-corrected chi connectivity index (χ4v) is 2.80. The highest BCUT2D eigenvalue weighted by atomic mass is 32.1. The summed E-state index contributed by atoms with van der Waals surface area (Å²) >= 11 is 0.953. The molecule has 0 atom stereocenters. The Balaban J connectivity index is 1.81. The predicted molar refractivity (Wildman–Crippen MR) is 78.4 cm³/mol. The number of tetrazole rings is 1. The van der Waals surface area contributed by atoms with Crippen molar-refractivity contribution >= 4 is 17.3 Å². The van der Waals surface area contributed by atoms with Gasteiger partial charge >= 0.3 is 6.18 Å². The van der Waals surface area contributed by atoms with Gasteiger partial charge < -0.3 is 4.90 Å². The van der Waals surface area contributed by atoms with Gasteiger partial charge in [0.25, 0.3) is 0 Å². The summed E-state index contributed by atoms with van der Waals surface area (Å²) in [7, 11) is 1.69. The van der Waals surface area contributed by atoms with Gasteiger partial charge in [-0.2, -0.15) is 17.9 Å². The SMILES string of the molecule is CN(Cc1nc(C(F)(F)F)cs1)c1nnnn1-c1ccccc1. The van der Waals surface area contributed by atoms with E-state index >= 15 is 0 Å². The maximum absolute atomic E-state index is 12.6. The number of anilines is 1. The van der Waals surface area contributed by atoms with Crippen LogP contribution in [0.25, 0.3) is 5.69 Å². The monoisotopic (exact) mass is 340 g/mol. The summed E-state index contributed by atoms with van der Waals surface area (Å²) in [5.74, 6) is 0.417. The first-order valence-electron chi connectivity index (χ1n) is 6.51.